The van der Waals surface area contributed by atoms with Gasteiger partial charge in [0, 0.05) is 18.8 Å². The molecule has 0 unspecified atom stereocenters. The molecule has 128 valence electrons. The molecule has 0 spiro atoms. The summed E-state index contributed by atoms with van der Waals surface area (Å²) in [6, 6.07) is 8.95. The van der Waals surface area contributed by atoms with E-state index in [1.807, 2.05) is 17.0 Å². The van der Waals surface area contributed by atoms with Crippen LogP contribution in [0.15, 0.2) is 24.3 Å². The molecule has 0 aromatic heterocycles. The normalized spacial score (nSPS) is 15.4. The van der Waals surface area contributed by atoms with E-state index in [9.17, 15) is 9.59 Å². The SMILES string of the molecule is C[C@@H](NC(=O)CSCc1ccc(C#N)cc1)C(=O)N1CCCCC1. The minimum absolute atomic E-state index is 0.0140. The third-order valence-corrected chi connectivity index (χ3v) is 5.00. The van der Waals surface area contributed by atoms with Crippen LogP contribution in [0, 0.1) is 11.3 Å². The van der Waals surface area contributed by atoms with Crippen LogP contribution in [-0.2, 0) is 15.3 Å². The van der Waals surface area contributed by atoms with Crippen molar-refractivity contribution in [3.05, 3.63) is 35.4 Å². The number of nitrogens with zero attached hydrogens (tertiary/aromatic N) is 2. The van der Waals surface area contributed by atoms with Crippen molar-refractivity contribution in [2.45, 2.75) is 38.0 Å². The van der Waals surface area contributed by atoms with E-state index in [0.29, 0.717) is 17.1 Å². The molecule has 0 bridgehead atoms. The van der Waals surface area contributed by atoms with Crippen molar-refractivity contribution in [3.63, 3.8) is 0 Å². The Labute approximate surface area is 147 Å². The largest absolute Gasteiger partial charge is 0.344 e. The smallest absolute Gasteiger partial charge is 0.244 e. The first-order valence-electron chi connectivity index (χ1n) is 8.25. The van der Waals surface area contributed by atoms with Crippen molar-refractivity contribution in [1.29, 1.82) is 5.26 Å². The van der Waals surface area contributed by atoms with Gasteiger partial charge in [0.05, 0.1) is 17.4 Å². The van der Waals surface area contributed by atoms with Gasteiger partial charge in [0.15, 0.2) is 0 Å². The van der Waals surface area contributed by atoms with E-state index in [1.54, 1.807) is 19.1 Å². The van der Waals surface area contributed by atoms with Gasteiger partial charge in [-0.3, -0.25) is 9.59 Å². The summed E-state index contributed by atoms with van der Waals surface area (Å²) < 4.78 is 0. The molecule has 1 aromatic rings. The van der Waals surface area contributed by atoms with Gasteiger partial charge in [-0.2, -0.15) is 5.26 Å². The molecule has 2 rings (SSSR count). The summed E-state index contributed by atoms with van der Waals surface area (Å²) in [5, 5.41) is 11.5. The fourth-order valence-corrected chi connectivity index (χ4v) is 3.47. The zero-order valence-corrected chi connectivity index (χ0v) is 14.8. The Morgan fingerprint density at radius 2 is 1.92 bits per heavy atom. The van der Waals surface area contributed by atoms with E-state index in [1.165, 1.54) is 18.2 Å². The maximum Gasteiger partial charge on any atom is 0.244 e. The van der Waals surface area contributed by atoms with Crippen LogP contribution in [0.5, 0.6) is 0 Å². The maximum absolute atomic E-state index is 12.3. The number of rotatable bonds is 6. The molecule has 0 aliphatic carbocycles. The quantitative estimate of drug-likeness (QED) is 0.859. The topological polar surface area (TPSA) is 73.2 Å². The highest BCUT2D eigenvalue weighted by atomic mass is 32.2. The Hall–Kier alpha value is -2.00. The minimum Gasteiger partial charge on any atom is -0.344 e. The van der Waals surface area contributed by atoms with Crippen LogP contribution in [0.3, 0.4) is 0 Å². The molecule has 0 radical (unpaired) electrons. The van der Waals surface area contributed by atoms with Gasteiger partial charge in [0.1, 0.15) is 6.04 Å². The third kappa shape index (κ3) is 5.57. The Balaban J connectivity index is 1.70. The number of carbonyl (C=O) groups is 2. The van der Waals surface area contributed by atoms with Crippen LogP contribution < -0.4 is 5.32 Å². The maximum atomic E-state index is 12.3. The summed E-state index contributed by atoms with van der Waals surface area (Å²) in [6.45, 7) is 3.35. The first-order valence-corrected chi connectivity index (χ1v) is 9.40. The number of hydrogen-bond donors (Lipinski definition) is 1. The second-order valence-electron chi connectivity index (χ2n) is 5.98. The van der Waals surface area contributed by atoms with Crippen LogP contribution in [0.2, 0.25) is 0 Å². The molecular formula is C18H23N3O2S. The lowest BCUT2D eigenvalue weighted by Gasteiger charge is -2.29. The molecule has 1 atom stereocenters. The Kier molecular flexibility index (Phi) is 7.13. The van der Waals surface area contributed by atoms with Crippen molar-refractivity contribution in [2.24, 2.45) is 0 Å². The highest BCUT2D eigenvalue weighted by Crippen LogP contribution is 2.13. The average Bonchev–Trinajstić information content (AvgIpc) is 2.62. The van der Waals surface area contributed by atoms with E-state index >= 15 is 0 Å². The average molecular weight is 345 g/mol. The molecule has 5 nitrogen and oxygen atoms in total. The van der Waals surface area contributed by atoms with E-state index < -0.39 is 6.04 Å². The lowest BCUT2D eigenvalue weighted by Crippen LogP contribution is -2.48. The zero-order chi connectivity index (χ0) is 17.4. The summed E-state index contributed by atoms with van der Waals surface area (Å²) in [7, 11) is 0. The van der Waals surface area contributed by atoms with Gasteiger partial charge in [-0.1, -0.05) is 12.1 Å². The first kappa shape index (κ1) is 18.3. The fourth-order valence-electron chi connectivity index (χ4n) is 2.67. The number of amides is 2. The van der Waals surface area contributed by atoms with Gasteiger partial charge in [-0.05, 0) is 43.9 Å². The zero-order valence-electron chi connectivity index (χ0n) is 14.0. The van der Waals surface area contributed by atoms with E-state index in [-0.39, 0.29) is 11.8 Å². The molecule has 0 saturated carbocycles. The van der Waals surface area contributed by atoms with Gasteiger partial charge in [-0.25, -0.2) is 0 Å². The molecule has 1 aliphatic rings. The lowest BCUT2D eigenvalue weighted by atomic mass is 10.1. The third-order valence-electron chi connectivity index (χ3n) is 4.00. The first-order chi connectivity index (χ1) is 11.6. The van der Waals surface area contributed by atoms with Gasteiger partial charge in [0.25, 0.3) is 0 Å². The second-order valence-corrected chi connectivity index (χ2v) is 6.96. The van der Waals surface area contributed by atoms with Gasteiger partial charge in [0.2, 0.25) is 11.8 Å². The van der Waals surface area contributed by atoms with Crippen molar-refractivity contribution in [3.8, 4) is 6.07 Å². The molecule has 1 N–H and O–H groups in total. The Morgan fingerprint density at radius 3 is 2.54 bits per heavy atom. The van der Waals surface area contributed by atoms with E-state index in [2.05, 4.69) is 11.4 Å². The van der Waals surface area contributed by atoms with Crippen LogP contribution in [0.25, 0.3) is 0 Å². The number of carbonyl (C=O) groups excluding carboxylic acids is 2. The highest BCUT2D eigenvalue weighted by molar-refractivity contribution is 7.99. The number of hydrogen-bond acceptors (Lipinski definition) is 4. The van der Waals surface area contributed by atoms with Crippen LogP contribution in [0.1, 0.15) is 37.3 Å². The van der Waals surface area contributed by atoms with Crippen molar-refractivity contribution >= 4 is 23.6 Å². The van der Waals surface area contributed by atoms with Gasteiger partial charge >= 0.3 is 0 Å². The Bertz CT molecular complexity index is 604. The number of benzene rings is 1. The van der Waals surface area contributed by atoms with Gasteiger partial charge < -0.3 is 10.2 Å². The summed E-state index contributed by atoms with van der Waals surface area (Å²) in [5.74, 6) is 0.914. The molecule has 1 aromatic carbocycles. The fraction of sp³-hybridized carbons (Fsp3) is 0.500. The number of piperidine rings is 1. The van der Waals surface area contributed by atoms with Crippen molar-refractivity contribution in [2.75, 3.05) is 18.8 Å². The van der Waals surface area contributed by atoms with Crippen LogP contribution in [0.4, 0.5) is 0 Å². The molecule has 2 amide bonds. The van der Waals surface area contributed by atoms with Crippen LogP contribution in [-0.4, -0.2) is 41.6 Å². The molecular weight excluding hydrogens is 322 g/mol. The van der Waals surface area contributed by atoms with Crippen molar-refractivity contribution < 1.29 is 9.59 Å². The predicted molar refractivity (Wildman–Crippen MR) is 95.4 cm³/mol. The molecule has 1 heterocycles. The standard InChI is InChI=1S/C18H23N3O2S/c1-14(18(23)21-9-3-2-4-10-21)20-17(22)13-24-12-16-7-5-15(11-19)6-8-16/h5-8,14H,2-4,9-10,12-13H2,1H3,(H,20,22)/t14-/m1/s1. The summed E-state index contributed by atoms with van der Waals surface area (Å²) in [5.41, 5.74) is 1.70. The monoisotopic (exact) mass is 345 g/mol. The molecule has 6 heteroatoms. The van der Waals surface area contributed by atoms with E-state index in [4.69, 9.17) is 5.26 Å². The predicted octanol–water partition coefficient (Wildman–Crippen LogP) is 2.31. The second kappa shape index (κ2) is 9.33. The molecule has 1 aliphatic heterocycles. The molecule has 1 fully saturated rings. The number of nitrogens with one attached hydrogen (secondary N) is 1. The highest BCUT2D eigenvalue weighted by Gasteiger charge is 2.23. The van der Waals surface area contributed by atoms with Gasteiger partial charge in [-0.15, -0.1) is 11.8 Å². The lowest BCUT2D eigenvalue weighted by molar-refractivity contribution is -0.136. The van der Waals surface area contributed by atoms with Crippen LogP contribution >= 0.6 is 11.8 Å². The Morgan fingerprint density at radius 1 is 1.25 bits per heavy atom. The number of likely N-dealkylation sites (tertiary alicyclic amines) is 1. The summed E-state index contributed by atoms with van der Waals surface area (Å²) in [6.07, 6.45) is 3.27. The number of thioether (sulfide) groups is 1. The molecule has 24 heavy (non-hydrogen) atoms. The summed E-state index contributed by atoms with van der Waals surface area (Å²) in [4.78, 5) is 26.1. The molecule has 1 saturated heterocycles. The van der Waals surface area contributed by atoms with Crippen molar-refractivity contribution in [1.82, 2.24) is 10.2 Å². The number of nitriles is 1. The summed E-state index contributed by atoms with van der Waals surface area (Å²) >= 11 is 1.50. The minimum atomic E-state index is -0.467. The van der Waals surface area contributed by atoms with E-state index in [0.717, 1.165) is 31.5 Å².